The Bertz CT molecular complexity index is 1390. The Hall–Kier alpha value is -2.90. The van der Waals surface area contributed by atoms with E-state index in [1.807, 2.05) is 9.80 Å². The van der Waals surface area contributed by atoms with Crippen LogP contribution in [0.4, 0.5) is 11.4 Å². The second kappa shape index (κ2) is 7.82. The maximum Gasteiger partial charge on any atom is 0.119 e. The summed E-state index contributed by atoms with van der Waals surface area (Å²) in [5.41, 5.74) is 8.24. The summed E-state index contributed by atoms with van der Waals surface area (Å²) in [5, 5.41) is 2.09. The van der Waals surface area contributed by atoms with Gasteiger partial charge in [-0.15, -0.1) is 0 Å². The molecule has 0 fully saturated rings. The van der Waals surface area contributed by atoms with Crippen LogP contribution in [0.1, 0.15) is 33.4 Å². The van der Waals surface area contributed by atoms with Crippen LogP contribution in [-0.2, 0) is 0 Å². The first-order valence-electron chi connectivity index (χ1n) is 10.9. The highest BCUT2D eigenvalue weighted by Gasteiger charge is 2.35. The molecule has 0 N–H and O–H groups in total. The lowest BCUT2D eigenvalue weighted by Crippen LogP contribution is -2.42. The van der Waals surface area contributed by atoms with Crippen molar-refractivity contribution in [3.8, 4) is 0 Å². The minimum atomic E-state index is 0.697. The largest absolute Gasteiger partial charge is 0.291 e. The highest BCUT2D eigenvalue weighted by Crippen LogP contribution is 2.41. The Balaban J connectivity index is 1.55. The molecule has 0 unspecified atom stereocenters. The average Bonchev–Trinajstić information content (AvgIpc) is 2.83. The predicted octanol–water partition coefficient (Wildman–Crippen LogP) is 7.20. The quantitative estimate of drug-likeness (QED) is 0.261. The maximum absolute atomic E-state index is 5.98. The number of aryl methyl sites for hydroxylation is 2. The number of hydrogen-bond donors (Lipinski definition) is 0. The molecule has 6 rings (SSSR count). The first kappa shape index (κ1) is 21.6. The van der Waals surface area contributed by atoms with Crippen molar-refractivity contribution in [1.82, 2.24) is 0 Å². The van der Waals surface area contributed by atoms with Crippen molar-refractivity contribution >= 4 is 91.0 Å². The van der Waals surface area contributed by atoms with Crippen LogP contribution in [0.15, 0.2) is 72.8 Å². The van der Waals surface area contributed by atoms with Gasteiger partial charge >= 0.3 is 0 Å². The molecule has 4 aromatic carbocycles. The van der Waals surface area contributed by atoms with Gasteiger partial charge in [0.2, 0.25) is 0 Å². The van der Waals surface area contributed by atoms with Crippen LogP contribution in [-0.4, -0.2) is 20.0 Å². The van der Waals surface area contributed by atoms with E-state index >= 15 is 0 Å². The van der Waals surface area contributed by atoms with Crippen LogP contribution >= 0.6 is 48.9 Å². The highest BCUT2D eigenvalue weighted by atomic mass is 32.1. The molecule has 0 atom stereocenters. The van der Waals surface area contributed by atoms with Gasteiger partial charge in [0.25, 0.3) is 0 Å². The molecule has 2 aliphatic rings. The summed E-state index contributed by atoms with van der Waals surface area (Å²) in [7, 11) is 0. The summed E-state index contributed by atoms with van der Waals surface area (Å²) in [6.07, 6.45) is 0. The monoisotopic (exact) mass is 510 g/mol. The minimum absolute atomic E-state index is 0.697. The third-order valence-electron chi connectivity index (χ3n) is 6.48. The first-order chi connectivity index (χ1) is 16.4. The minimum Gasteiger partial charge on any atom is -0.291 e. The summed E-state index contributed by atoms with van der Waals surface area (Å²) in [6, 6.07) is 24.8. The summed E-state index contributed by atoms with van der Waals surface area (Å²) < 4.78 is 0. The van der Waals surface area contributed by atoms with E-state index in [1.54, 1.807) is 0 Å². The van der Waals surface area contributed by atoms with Crippen LogP contribution in [0.2, 0.25) is 0 Å². The fraction of sp³-hybridized carbons (Fsp3) is 0.0714. The average molecular weight is 511 g/mol. The SMILES string of the molecule is Cc1ccc(N2C(=S)c3ccc4c5c(ccc(c35)C2=S)C(=S)N(c2ccc(C)cc2)C4=S)cc1. The van der Waals surface area contributed by atoms with Gasteiger partial charge in [-0.2, -0.15) is 0 Å². The lowest BCUT2D eigenvalue weighted by Gasteiger charge is -2.36. The van der Waals surface area contributed by atoms with Gasteiger partial charge in [0.1, 0.15) is 20.0 Å². The number of nitrogens with zero attached hydrogens (tertiary/aromatic N) is 2. The fourth-order valence-electron chi connectivity index (χ4n) is 4.73. The fourth-order valence-corrected chi connectivity index (χ4v) is 6.31. The van der Waals surface area contributed by atoms with Gasteiger partial charge in [0.15, 0.2) is 0 Å². The molecule has 0 aliphatic carbocycles. The van der Waals surface area contributed by atoms with Gasteiger partial charge in [0.05, 0.1) is 0 Å². The molecule has 2 heterocycles. The van der Waals surface area contributed by atoms with E-state index in [9.17, 15) is 0 Å². The molecule has 4 aromatic rings. The molecular formula is C28H18N2S4. The van der Waals surface area contributed by atoms with Crippen LogP contribution in [0.3, 0.4) is 0 Å². The van der Waals surface area contributed by atoms with Gasteiger partial charge in [0, 0.05) is 44.4 Å². The summed E-state index contributed by atoms with van der Waals surface area (Å²) in [6.45, 7) is 4.14. The Morgan fingerprint density at radius 3 is 0.941 bits per heavy atom. The summed E-state index contributed by atoms with van der Waals surface area (Å²) >= 11 is 23.9. The van der Waals surface area contributed by atoms with Gasteiger partial charge in [-0.1, -0.05) is 109 Å². The molecule has 0 amide bonds. The van der Waals surface area contributed by atoms with Crippen molar-refractivity contribution in [2.45, 2.75) is 13.8 Å². The zero-order chi connectivity index (χ0) is 23.7. The van der Waals surface area contributed by atoms with Crippen molar-refractivity contribution in [3.63, 3.8) is 0 Å². The van der Waals surface area contributed by atoms with E-state index in [0.29, 0.717) is 20.0 Å². The van der Waals surface area contributed by atoms with Gasteiger partial charge in [-0.3, -0.25) is 9.80 Å². The third-order valence-corrected chi connectivity index (χ3v) is 8.09. The Morgan fingerprint density at radius 2 is 0.676 bits per heavy atom. The number of hydrogen-bond acceptors (Lipinski definition) is 4. The molecule has 0 aromatic heterocycles. The molecular weight excluding hydrogens is 493 g/mol. The van der Waals surface area contributed by atoms with E-state index in [0.717, 1.165) is 44.4 Å². The Kier molecular flexibility index (Phi) is 4.97. The van der Waals surface area contributed by atoms with Crippen LogP contribution in [0, 0.1) is 13.8 Å². The van der Waals surface area contributed by atoms with E-state index in [4.69, 9.17) is 48.9 Å². The second-order valence-corrected chi connectivity index (χ2v) is 10.2. The molecule has 0 spiro atoms. The molecule has 0 saturated carbocycles. The number of anilines is 2. The summed E-state index contributed by atoms with van der Waals surface area (Å²) in [4.78, 5) is 6.76. The van der Waals surface area contributed by atoms with Crippen molar-refractivity contribution in [2.24, 2.45) is 0 Å². The van der Waals surface area contributed by atoms with E-state index in [2.05, 4.69) is 86.6 Å². The Morgan fingerprint density at radius 1 is 0.412 bits per heavy atom. The molecule has 6 heteroatoms. The molecule has 34 heavy (non-hydrogen) atoms. The second-order valence-electron chi connectivity index (χ2n) is 8.63. The Labute approximate surface area is 219 Å². The molecule has 164 valence electrons. The number of thiocarbonyl (C=S) groups is 4. The standard InChI is InChI=1S/C28H18N2S4/c1-15-3-7-17(8-4-15)29-25(31)19-11-13-21-24-22(14-12-20(23(19)24)26(29)32)28(34)30(27(21)33)18-9-5-16(2)6-10-18/h3-14H,1-2H3. The summed E-state index contributed by atoms with van der Waals surface area (Å²) in [5.74, 6) is 0. The van der Waals surface area contributed by atoms with Gasteiger partial charge in [-0.25, -0.2) is 0 Å². The number of benzene rings is 4. The zero-order valence-electron chi connectivity index (χ0n) is 18.5. The first-order valence-corrected chi connectivity index (χ1v) is 12.5. The smallest absolute Gasteiger partial charge is 0.119 e. The van der Waals surface area contributed by atoms with Gasteiger partial charge < -0.3 is 0 Å². The van der Waals surface area contributed by atoms with Crippen LogP contribution in [0.25, 0.3) is 10.8 Å². The lowest BCUT2D eigenvalue weighted by atomic mass is 9.86. The molecule has 0 saturated heterocycles. The zero-order valence-corrected chi connectivity index (χ0v) is 21.7. The normalized spacial score (nSPS) is 14.9. The van der Waals surface area contributed by atoms with Crippen LogP contribution < -0.4 is 9.80 Å². The van der Waals surface area contributed by atoms with E-state index in [1.165, 1.54) is 11.1 Å². The van der Waals surface area contributed by atoms with Crippen molar-refractivity contribution in [3.05, 3.63) is 106 Å². The van der Waals surface area contributed by atoms with Crippen molar-refractivity contribution in [1.29, 1.82) is 0 Å². The van der Waals surface area contributed by atoms with E-state index in [-0.39, 0.29) is 0 Å². The van der Waals surface area contributed by atoms with Gasteiger partial charge in [-0.05, 0) is 38.1 Å². The van der Waals surface area contributed by atoms with Crippen molar-refractivity contribution in [2.75, 3.05) is 9.80 Å². The van der Waals surface area contributed by atoms with Crippen LogP contribution in [0.5, 0.6) is 0 Å². The highest BCUT2D eigenvalue weighted by molar-refractivity contribution is 7.83. The predicted molar refractivity (Wildman–Crippen MR) is 158 cm³/mol. The topological polar surface area (TPSA) is 6.48 Å². The van der Waals surface area contributed by atoms with E-state index < -0.39 is 0 Å². The third kappa shape index (κ3) is 3.03. The molecule has 0 radical (unpaired) electrons. The number of rotatable bonds is 2. The molecule has 0 bridgehead atoms. The maximum atomic E-state index is 5.98. The molecule has 2 nitrogen and oxygen atoms in total. The van der Waals surface area contributed by atoms with Crippen molar-refractivity contribution < 1.29 is 0 Å². The lowest BCUT2D eigenvalue weighted by molar-refractivity contribution is 1.38. The molecule has 2 aliphatic heterocycles.